The summed E-state index contributed by atoms with van der Waals surface area (Å²) in [5.74, 6) is 0.0768. The lowest BCUT2D eigenvalue weighted by atomic mass is 10.1. The Labute approximate surface area is 170 Å². The number of Topliss-reactive ketones (excluding diaryl/α,β-unsaturated/α-hetero) is 1. The average Bonchev–Trinajstić information content (AvgIpc) is 3.18. The van der Waals surface area contributed by atoms with E-state index in [-0.39, 0.29) is 23.6 Å². The third-order valence-corrected chi connectivity index (χ3v) is 5.66. The molecule has 0 atom stereocenters. The van der Waals surface area contributed by atoms with Gasteiger partial charge in [0, 0.05) is 11.3 Å². The molecule has 0 aliphatic carbocycles. The molecule has 8 heteroatoms. The van der Waals surface area contributed by atoms with Gasteiger partial charge >= 0.3 is 0 Å². The Hall–Kier alpha value is -2.71. The molecule has 1 aromatic heterocycles. The Kier molecular flexibility index (Phi) is 7.16. The molecule has 0 unspecified atom stereocenters. The number of anilines is 1. The molecule has 144 valence electrons. The zero-order valence-electron chi connectivity index (χ0n) is 15.1. The van der Waals surface area contributed by atoms with E-state index in [0.29, 0.717) is 5.13 Å². The number of benzene rings is 2. The van der Waals surface area contributed by atoms with Crippen LogP contribution < -0.4 is 10.1 Å². The van der Waals surface area contributed by atoms with E-state index in [9.17, 15) is 9.18 Å². The van der Waals surface area contributed by atoms with Crippen molar-refractivity contribution >= 4 is 40.1 Å². The van der Waals surface area contributed by atoms with Crippen molar-refractivity contribution in [1.29, 1.82) is 0 Å². The topological polar surface area (TPSA) is 64.1 Å². The zero-order chi connectivity index (χ0) is 19.8. The first-order valence-electron chi connectivity index (χ1n) is 8.44. The lowest BCUT2D eigenvalue weighted by molar-refractivity contribution is 0.101. The second kappa shape index (κ2) is 10.0. The maximum absolute atomic E-state index is 13.7. The van der Waals surface area contributed by atoms with Gasteiger partial charge < -0.3 is 10.1 Å². The van der Waals surface area contributed by atoms with Gasteiger partial charge in [0.05, 0.1) is 13.7 Å². The first kappa shape index (κ1) is 20.0. The predicted molar refractivity (Wildman–Crippen MR) is 112 cm³/mol. The van der Waals surface area contributed by atoms with Gasteiger partial charge in [0.15, 0.2) is 21.7 Å². The number of nitrogens with zero attached hydrogens (tertiary/aromatic N) is 2. The molecule has 0 radical (unpaired) electrons. The van der Waals surface area contributed by atoms with Gasteiger partial charge in [0.1, 0.15) is 0 Å². The van der Waals surface area contributed by atoms with Crippen LogP contribution >= 0.6 is 23.1 Å². The Morgan fingerprint density at radius 3 is 2.82 bits per heavy atom. The van der Waals surface area contributed by atoms with Gasteiger partial charge in [-0.25, -0.2) is 4.39 Å². The monoisotopic (exact) mass is 415 g/mol. The predicted octanol–water partition coefficient (Wildman–Crippen LogP) is 4.79. The van der Waals surface area contributed by atoms with Crippen molar-refractivity contribution in [2.75, 3.05) is 24.7 Å². The van der Waals surface area contributed by atoms with Crippen molar-refractivity contribution in [2.45, 2.75) is 4.34 Å². The number of nitrogens with one attached hydrogen (secondary N) is 1. The van der Waals surface area contributed by atoms with Gasteiger partial charge in [-0.2, -0.15) is 0 Å². The fraction of sp³-hybridized carbons (Fsp3) is 0.150. The lowest BCUT2D eigenvalue weighted by Gasteiger charge is -2.05. The molecular weight excluding hydrogens is 397 g/mol. The van der Waals surface area contributed by atoms with Crippen LogP contribution in [0.1, 0.15) is 15.9 Å². The van der Waals surface area contributed by atoms with E-state index in [1.807, 2.05) is 30.3 Å². The molecule has 3 rings (SSSR count). The zero-order valence-corrected chi connectivity index (χ0v) is 16.7. The molecule has 0 aliphatic heterocycles. The van der Waals surface area contributed by atoms with Crippen LogP contribution in [0.2, 0.25) is 0 Å². The summed E-state index contributed by atoms with van der Waals surface area (Å²) in [4.78, 5) is 12.2. The van der Waals surface area contributed by atoms with Crippen LogP contribution in [0.3, 0.4) is 0 Å². The highest BCUT2D eigenvalue weighted by Crippen LogP contribution is 2.25. The minimum absolute atomic E-state index is 0.0129. The number of halogens is 1. The van der Waals surface area contributed by atoms with E-state index < -0.39 is 5.82 Å². The van der Waals surface area contributed by atoms with E-state index in [0.717, 1.165) is 15.7 Å². The molecule has 0 aliphatic rings. The fourth-order valence-electron chi connectivity index (χ4n) is 2.31. The quantitative estimate of drug-likeness (QED) is 0.401. The normalized spacial score (nSPS) is 10.9. The number of carbonyl (C=O) groups excluding carboxylic acids is 1. The summed E-state index contributed by atoms with van der Waals surface area (Å²) in [5, 5.41) is 11.6. The summed E-state index contributed by atoms with van der Waals surface area (Å²) in [6, 6.07) is 14.2. The maximum atomic E-state index is 13.7. The van der Waals surface area contributed by atoms with Gasteiger partial charge in [0.2, 0.25) is 5.13 Å². The first-order chi connectivity index (χ1) is 13.7. The van der Waals surface area contributed by atoms with Crippen molar-refractivity contribution in [3.05, 3.63) is 71.6 Å². The van der Waals surface area contributed by atoms with E-state index in [1.165, 1.54) is 36.6 Å². The van der Waals surface area contributed by atoms with Gasteiger partial charge in [-0.05, 0) is 23.8 Å². The Morgan fingerprint density at radius 2 is 2.07 bits per heavy atom. The summed E-state index contributed by atoms with van der Waals surface area (Å²) in [6.45, 7) is 0.0129. The molecule has 0 spiro atoms. The SMILES string of the molecule is COc1ccc(C(=O)CNc2nnc(SC/C=C/c3ccccc3)s2)cc1F. The fourth-order valence-corrected chi connectivity index (χ4v) is 3.89. The molecular formula is C20H18FN3O2S2. The van der Waals surface area contributed by atoms with Crippen molar-refractivity contribution in [2.24, 2.45) is 0 Å². The van der Waals surface area contributed by atoms with Crippen molar-refractivity contribution < 1.29 is 13.9 Å². The number of ketones is 1. The third-order valence-electron chi connectivity index (χ3n) is 3.69. The summed E-state index contributed by atoms with van der Waals surface area (Å²) in [7, 11) is 1.38. The molecule has 1 heterocycles. The van der Waals surface area contributed by atoms with Crippen LogP contribution in [0.4, 0.5) is 9.52 Å². The standard InChI is InChI=1S/C20H18FN3O2S2/c1-26-18-10-9-15(12-16(18)21)17(25)13-22-19-23-24-20(28-19)27-11-5-8-14-6-3-2-4-7-14/h2-10,12H,11,13H2,1H3,(H,22,23)/b8-5+. The number of carbonyl (C=O) groups is 1. The van der Waals surface area contributed by atoms with Crippen LogP contribution in [0, 0.1) is 5.82 Å². The molecule has 0 fully saturated rings. The van der Waals surface area contributed by atoms with E-state index in [1.54, 1.807) is 11.8 Å². The van der Waals surface area contributed by atoms with Gasteiger partial charge in [-0.15, -0.1) is 10.2 Å². The van der Waals surface area contributed by atoms with E-state index >= 15 is 0 Å². The van der Waals surface area contributed by atoms with Crippen molar-refractivity contribution in [3.8, 4) is 5.75 Å². The largest absolute Gasteiger partial charge is 0.494 e. The number of thioether (sulfide) groups is 1. The summed E-state index contributed by atoms with van der Waals surface area (Å²) < 4.78 is 19.4. The highest BCUT2D eigenvalue weighted by molar-refractivity contribution is 8.01. The molecule has 2 aromatic carbocycles. The average molecular weight is 416 g/mol. The second-order valence-electron chi connectivity index (χ2n) is 5.62. The van der Waals surface area contributed by atoms with Gasteiger partial charge in [-0.1, -0.05) is 65.6 Å². The Bertz CT molecular complexity index is 961. The number of methoxy groups -OCH3 is 1. The molecule has 0 saturated heterocycles. The Balaban J connectivity index is 1.47. The van der Waals surface area contributed by atoms with E-state index in [4.69, 9.17) is 4.74 Å². The molecule has 3 aromatic rings. The Morgan fingerprint density at radius 1 is 1.25 bits per heavy atom. The lowest BCUT2D eigenvalue weighted by Crippen LogP contribution is -2.14. The van der Waals surface area contributed by atoms with Crippen molar-refractivity contribution in [1.82, 2.24) is 10.2 Å². The molecule has 5 nitrogen and oxygen atoms in total. The smallest absolute Gasteiger partial charge is 0.206 e. The number of rotatable bonds is 9. The molecule has 0 amide bonds. The highest BCUT2D eigenvalue weighted by Gasteiger charge is 2.11. The summed E-state index contributed by atoms with van der Waals surface area (Å²) >= 11 is 2.94. The number of ether oxygens (including phenoxy) is 1. The van der Waals surface area contributed by atoms with Gasteiger partial charge in [-0.3, -0.25) is 4.79 Å². The molecule has 0 saturated carbocycles. The number of hydrogen-bond donors (Lipinski definition) is 1. The number of aromatic nitrogens is 2. The minimum atomic E-state index is -0.563. The van der Waals surface area contributed by atoms with Crippen LogP contribution in [0.5, 0.6) is 5.75 Å². The maximum Gasteiger partial charge on any atom is 0.206 e. The molecule has 1 N–H and O–H groups in total. The summed E-state index contributed by atoms with van der Waals surface area (Å²) in [6.07, 6.45) is 4.12. The van der Waals surface area contributed by atoms with Crippen molar-refractivity contribution in [3.63, 3.8) is 0 Å². The van der Waals surface area contributed by atoms with Crippen LogP contribution in [-0.2, 0) is 0 Å². The summed E-state index contributed by atoms with van der Waals surface area (Å²) in [5.41, 5.74) is 1.42. The minimum Gasteiger partial charge on any atom is -0.494 e. The highest BCUT2D eigenvalue weighted by atomic mass is 32.2. The van der Waals surface area contributed by atoms with Crippen LogP contribution in [0.25, 0.3) is 6.08 Å². The third kappa shape index (κ3) is 5.64. The van der Waals surface area contributed by atoms with Crippen LogP contribution in [0.15, 0.2) is 58.9 Å². The van der Waals surface area contributed by atoms with E-state index in [2.05, 4.69) is 27.7 Å². The first-order valence-corrected chi connectivity index (χ1v) is 10.2. The number of hydrogen-bond acceptors (Lipinski definition) is 7. The molecule has 28 heavy (non-hydrogen) atoms. The molecule has 0 bridgehead atoms. The second-order valence-corrected chi connectivity index (χ2v) is 7.87. The van der Waals surface area contributed by atoms with Gasteiger partial charge in [0.25, 0.3) is 0 Å². The van der Waals surface area contributed by atoms with Crippen LogP contribution in [-0.4, -0.2) is 35.4 Å².